The highest BCUT2D eigenvalue weighted by Crippen LogP contribution is 2.28. The number of nitrogens with one attached hydrogen (secondary N) is 1. The van der Waals surface area contributed by atoms with E-state index in [2.05, 4.69) is 16.8 Å². The van der Waals surface area contributed by atoms with E-state index in [1.54, 1.807) is 7.05 Å². The monoisotopic (exact) mass is 260 g/mol. The summed E-state index contributed by atoms with van der Waals surface area (Å²) in [5.41, 5.74) is 8.36. The van der Waals surface area contributed by atoms with E-state index in [-0.39, 0.29) is 5.91 Å². The molecule has 1 saturated heterocycles. The van der Waals surface area contributed by atoms with Gasteiger partial charge in [0.2, 0.25) is 5.91 Å². The van der Waals surface area contributed by atoms with E-state index in [1.807, 2.05) is 18.2 Å². The van der Waals surface area contributed by atoms with Gasteiger partial charge in [0, 0.05) is 38.9 Å². The Balaban J connectivity index is 2.28. The Labute approximate surface area is 113 Å². The summed E-state index contributed by atoms with van der Waals surface area (Å²) in [6.45, 7) is 7.37. The fourth-order valence-electron chi connectivity index (χ4n) is 2.20. The molecule has 5 nitrogen and oxygen atoms in total. The van der Waals surface area contributed by atoms with Crippen LogP contribution in [0, 0.1) is 0 Å². The molecule has 0 aromatic heterocycles. The molecule has 2 rings (SSSR count). The molecule has 0 spiro atoms. The highest BCUT2D eigenvalue weighted by molar-refractivity contribution is 6.03. The normalized spacial score (nSPS) is 15.1. The van der Waals surface area contributed by atoms with Crippen LogP contribution >= 0.6 is 0 Å². The molecule has 1 aliphatic rings. The van der Waals surface area contributed by atoms with Crippen molar-refractivity contribution in [1.29, 1.82) is 0 Å². The van der Waals surface area contributed by atoms with Crippen LogP contribution in [-0.4, -0.2) is 39.1 Å². The number of anilines is 3. The number of amides is 1. The molecule has 102 valence electrons. The molecule has 0 saturated carbocycles. The van der Waals surface area contributed by atoms with Gasteiger partial charge in [-0.15, -0.1) is 0 Å². The van der Waals surface area contributed by atoms with Crippen molar-refractivity contribution in [2.75, 3.05) is 48.8 Å². The van der Waals surface area contributed by atoms with Crippen molar-refractivity contribution in [3.8, 4) is 0 Å². The van der Waals surface area contributed by atoms with Gasteiger partial charge in [0.15, 0.2) is 0 Å². The molecule has 0 radical (unpaired) electrons. The summed E-state index contributed by atoms with van der Waals surface area (Å²) in [6, 6.07) is 5.80. The lowest BCUT2D eigenvalue weighted by Gasteiger charge is -2.30. The maximum atomic E-state index is 11.7. The number of nitrogens with zero attached hydrogens (tertiary/aromatic N) is 2. The lowest BCUT2D eigenvalue weighted by Crippen LogP contribution is -2.43. The van der Waals surface area contributed by atoms with Gasteiger partial charge in [-0.25, -0.2) is 0 Å². The van der Waals surface area contributed by atoms with E-state index in [0.29, 0.717) is 5.69 Å². The molecule has 1 aliphatic heterocycles. The van der Waals surface area contributed by atoms with Crippen molar-refractivity contribution in [1.82, 2.24) is 5.32 Å². The third kappa shape index (κ3) is 2.88. The van der Waals surface area contributed by atoms with Gasteiger partial charge in [0.25, 0.3) is 0 Å². The van der Waals surface area contributed by atoms with Crippen LogP contribution in [0.25, 0.3) is 0 Å². The first-order valence-electron chi connectivity index (χ1n) is 6.39. The van der Waals surface area contributed by atoms with Gasteiger partial charge < -0.3 is 20.9 Å². The van der Waals surface area contributed by atoms with Gasteiger partial charge in [-0.2, -0.15) is 0 Å². The number of carbonyl (C=O) groups is 1. The number of rotatable bonds is 3. The van der Waals surface area contributed by atoms with Crippen molar-refractivity contribution in [2.24, 2.45) is 0 Å². The highest BCUT2D eigenvalue weighted by Gasteiger charge is 2.15. The Morgan fingerprint density at radius 2 is 2.16 bits per heavy atom. The SMILES string of the molecule is C=CC(=O)N(C)c1cc(N2CCNCC2)ccc1N. The molecule has 0 atom stereocenters. The molecule has 0 unspecified atom stereocenters. The van der Waals surface area contributed by atoms with Crippen LogP contribution in [0.1, 0.15) is 0 Å². The van der Waals surface area contributed by atoms with Crippen LogP contribution in [0.3, 0.4) is 0 Å². The number of benzene rings is 1. The van der Waals surface area contributed by atoms with E-state index >= 15 is 0 Å². The van der Waals surface area contributed by atoms with Crippen molar-refractivity contribution < 1.29 is 4.79 Å². The Hall–Kier alpha value is -2.01. The number of nitrogens with two attached hydrogens (primary N) is 1. The Kier molecular flexibility index (Phi) is 4.06. The average molecular weight is 260 g/mol. The summed E-state index contributed by atoms with van der Waals surface area (Å²) in [7, 11) is 1.71. The van der Waals surface area contributed by atoms with Crippen LogP contribution in [0.5, 0.6) is 0 Å². The summed E-state index contributed by atoms with van der Waals surface area (Å²) in [5.74, 6) is -0.163. The minimum atomic E-state index is -0.163. The van der Waals surface area contributed by atoms with Gasteiger partial charge in [0.1, 0.15) is 0 Å². The van der Waals surface area contributed by atoms with Gasteiger partial charge in [-0.1, -0.05) is 6.58 Å². The van der Waals surface area contributed by atoms with Crippen LogP contribution in [0.2, 0.25) is 0 Å². The van der Waals surface area contributed by atoms with E-state index in [4.69, 9.17) is 5.73 Å². The maximum absolute atomic E-state index is 11.7. The molecule has 5 heteroatoms. The van der Waals surface area contributed by atoms with Crippen LogP contribution < -0.4 is 20.9 Å². The van der Waals surface area contributed by atoms with Crippen molar-refractivity contribution in [2.45, 2.75) is 0 Å². The molecule has 1 aromatic carbocycles. The van der Waals surface area contributed by atoms with E-state index in [9.17, 15) is 4.79 Å². The molecule has 0 aliphatic carbocycles. The first kappa shape index (κ1) is 13.4. The minimum absolute atomic E-state index is 0.163. The molecule has 0 bridgehead atoms. The zero-order valence-electron chi connectivity index (χ0n) is 11.2. The molecule has 1 heterocycles. The third-order valence-corrected chi connectivity index (χ3v) is 3.36. The zero-order valence-corrected chi connectivity index (χ0v) is 11.2. The largest absolute Gasteiger partial charge is 0.397 e. The molecule has 19 heavy (non-hydrogen) atoms. The molecule has 1 aromatic rings. The molecular formula is C14H20N4O. The number of hydrogen-bond acceptors (Lipinski definition) is 4. The molecule has 1 amide bonds. The second-order valence-corrected chi connectivity index (χ2v) is 4.58. The Morgan fingerprint density at radius 1 is 1.47 bits per heavy atom. The second-order valence-electron chi connectivity index (χ2n) is 4.58. The zero-order chi connectivity index (χ0) is 13.8. The highest BCUT2D eigenvalue weighted by atomic mass is 16.2. The summed E-state index contributed by atoms with van der Waals surface area (Å²) < 4.78 is 0. The summed E-state index contributed by atoms with van der Waals surface area (Å²) >= 11 is 0. The van der Waals surface area contributed by atoms with Crippen LogP contribution in [0.4, 0.5) is 17.1 Å². The first-order valence-corrected chi connectivity index (χ1v) is 6.39. The van der Waals surface area contributed by atoms with Gasteiger partial charge in [-0.3, -0.25) is 4.79 Å². The molecule has 1 fully saturated rings. The fourth-order valence-corrected chi connectivity index (χ4v) is 2.20. The number of piperazine rings is 1. The summed E-state index contributed by atoms with van der Waals surface area (Å²) in [6.07, 6.45) is 1.29. The lowest BCUT2D eigenvalue weighted by molar-refractivity contribution is -0.113. The topological polar surface area (TPSA) is 61.6 Å². The van der Waals surface area contributed by atoms with Crippen LogP contribution in [0.15, 0.2) is 30.9 Å². The summed E-state index contributed by atoms with van der Waals surface area (Å²) in [5, 5.41) is 3.32. The van der Waals surface area contributed by atoms with E-state index in [1.165, 1.54) is 11.0 Å². The van der Waals surface area contributed by atoms with Crippen molar-refractivity contribution >= 4 is 23.0 Å². The van der Waals surface area contributed by atoms with Crippen molar-refractivity contribution in [3.63, 3.8) is 0 Å². The predicted octanol–water partition coefficient (Wildman–Crippen LogP) is 0.827. The van der Waals surface area contributed by atoms with Gasteiger partial charge >= 0.3 is 0 Å². The lowest BCUT2D eigenvalue weighted by atomic mass is 10.2. The number of likely N-dealkylation sites (N-methyl/N-ethyl adjacent to an activating group) is 1. The quantitative estimate of drug-likeness (QED) is 0.624. The number of hydrogen-bond donors (Lipinski definition) is 2. The average Bonchev–Trinajstić information content (AvgIpc) is 2.47. The van der Waals surface area contributed by atoms with E-state index in [0.717, 1.165) is 37.6 Å². The first-order chi connectivity index (χ1) is 9.13. The van der Waals surface area contributed by atoms with E-state index < -0.39 is 0 Å². The van der Waals surface area contributed by atoms with Crippen LogP contribution in [-0.2, 0) is 4.79 Å². The molecule has 3 N–H and O–H groups in total. The smallest absolute Gasteiger partial charge is 0.250 e. The van der Waals surface area contributed by atoms with Gasteiger partial charge in [-0.05, 0) is 24.3 Å². The Morgan fingerprint density at radius 3 is 2.79 bits per heavy atom. The standard InChI is InChI=1S/C14H20N4O/c1-3-14(19)17(2)13-10-11(4-5-12(13)15)18-8-6-16-7-9-18/h3-5,10,16H,1,6-9,15H2,2H3. The fraction of sp³-hybridized carbons (Fsp3) is 0.357. The Bertz CT molecular complexity index is 480. The summed E-state index contributed by atoms with van der Waals surface area (Å²) in [4.78, 5) is 15.5. The third-order valence-electron chi connectivity index (χ3n) is 3.36. The predicted molar refractivity (Wildman–Crippen MR) is 79.5 cm³/mol. The minimum Gasteiger partial charge on any atom is -0.397 e. The van der Waals surface area contributed by atoms with Crippen molar-refractivity contribution in [3.05, 3.63) is 30.9 Å². The number of nitrogen functional groups attached to an aromatic ring is 1. The second kappa shape index (κ2) is 5.75. The molecular weight excluding hydrogens is 240 g/mol. The maximum Gasteiger partial charge on any atom is 0.250 e. The number of carbonyl (C=O) groups excluding carboxylic acids is 1. The van der Waals surface area contributed by atoms with Gasteiger partial charge in [0.05, 0.1) is 11.4 Å².